The monoisotopic (exact) mass is 972 g/mol. The van der Waals surface area contributed by atoms with E-state index in [2.05, 4.69) is 74.9 Å². The van der Waals surface area contributed by atoms with Gasteiger partial charge < -0.3 is 59.1 Å². The Balaban J connectivity index is 0.795. The fraction of sp³-hybridized carbons (Fsp3) is 0.520. The van der Waals surface area contributed by atoms with Crippen LogP contribution in [0.1, 0.15) is 57.8 Å². The van der Waals surface area contributed by atoms with Gasteiger partial charge in [-0.2, -0.15) is 9.37 Å². The molecule has 2 unspecified atom stereocenters. The summed E-state index contributed by atoms with van der Waals surface area (Å²) in [6, 6.07) is 8.49. The summed E-state index contributed by atoms with van der Waals surface area (Å²) in [7, 11) is 3.46. The molecule has 2 atom stereocenters. The third-order valence-electron chi connectivity index (χ3n) is 14.3. The van der Waals surface area contributed by atoms with Gasteiger partial charge in [0, 0.05) is 93.7 Å². The molecule has 2 aliphatic carbocycles. The molecule has 71 heavy (non-hydrogen) atoms. The highest BCUT2D eigenvalue weighted by Crippen LogP contribution is 2.40. The van der Waals surface area contributed by atoms with E-state index in [9.17, 15) is 0 Å². The van der Waals surface area contributed by atoms with Crippen molar-refractivity contribution in [2.75, 3.05) is 104 Å². The van der Waals surface area contributed by atoms with Crippen molar-refractivity contribution in [2.45, 2.75) is 94.3 Å². The van der Waals surface area contributed by atoms with Crippen LogP contribution < -0.4 is 44.9 Å². The van der Waals surface area contributed by atoms with Gasteiger partial charge in [0.15, 0.2) is 23.2 Å². The van der Waals surface area contributed by atoms with E-state index in [0.29, 0.717) is 74.9 Å². The highest BCUT2D eigenvalue weighted by atomic mass is 19.1. The lowest BCUT2D eigenvalue weighted by Crippen LogP contribution is -2.56. The summed E-state index contributed by atoms with van der Waals surface area (Å²) in [5.41, 5.74) is 5.04. The molecule has 21 heteroatoms. The van der Waals surface area contributed by atoms with Crippen LogP contribution in [0.5, 0.6) is 17.2 Å². The number of nitrogens with one attached hydrogen (secondary N) is 3. The molecule has 5 aliphatic rings. The molecule has 3 aliphatic heterocycles. The van der Waals surface area contributed by atoms with Crippen LogP contribution in [0.25, 0.3) is 22.1 Å². The third-order valence-corrected chi connectivity index (χ3v) is 14.3. The van der Waals surface area contributed by atoms with E-state index in [4.69, 9.17) is 48.4 Å². The second kappa shape index (κ2) is 21.3. The zero-order valence-electron chi connectivity index (χ0n) is 40.2. The number of rotatable bonds is 15. The van der Waals surface area contributed by atoms with Crippen LogP contribution in [0.2, 0.25) is 0 Å². The highest BCUT2D eigenvalue weighted by Gasteiger charge is 2.38. The lowest BCUT2D eigenvalue weighted by molar-refractivity contribution is 0.0261. The number of methoxy groups -OCH3 is 1. The number of nitrogens with zero attached hydrogens (tertiary/aromatic N) is 11. The number of aromatic nitrogens is 8. The molecule has 0 radical (unpaired) electrons. The fourth-order valence-electron chi connectivity index (χ4n) is 10.5. The topological polar surface area (TPSA) is 204 Å². The number of hydrogen-bond acceptors (Lipinski definition) is 20. The standard InChI is InChI=1S/C50H61FN14O6/c1-52-50-57-27-42(66-2)49(62-50)65(33-5-9-37(10-6-33)71-40-25-34(63-16-20-67-21-17-63)23-38-45(40)55-14-12-53-38)43-28-64(18-22-69-43)35-24-39-46(56-15-13-54-39)41(26-35)70-36-7-3-31(4-8-36)60-47-44(51)48(59-30-58-47)61-32-11-19-68-29-32/h12-15,23-27,30-33,36-37,43H,3-11,16-22,28-29H2,1-2H3,(H,52,57,62)(H2,58,59,60,61)/t31-,32?,33-,36+,37+,43?. The van der Waals surface area contributed by atoms with Crippen molar-refractivity contribution in [3.05, 3.63) is 67.4 Å². The minimum absolute atomic E-state index is 0.0277. The van der Waals surface area contributed by atoms with Crippen molar-refractivity contribution in [1.82, 2.24) is 39.9 Å². The van der Waals surface area contributed by atoms with Gasteiger partial charge in [0.25, 0.3) is 0 Å². The van der Waals surface area contributed by atoms with Crippen LogP contribution in [0.4, 0.5) is 39.2 Å². The molecule has 0 bridgehead atoms. The van der Waals surface area contributed by atoms with Gasteiger partial charge in [-0.1, -0.05) is 0 Å². The second-order valence-corrected chi connectivity index (χ2v) is 18.7. The Morgan fingerprint density at radius 3 is 1.90 bits per heavy atom. The summed E-state index contributed by atoms with van der Waals surface area (Å²) in [5, 5.41) is 9.63. The van der Waals surface area contributed by atoms with Gasteiger partial charge in [-0.05, 0) is 69.9 Å². The number of hydrogen-bond donors (Lipinski definition) is 3. The maximum Gasteiger partial charge on any atom is 0.224 e. The van der Waals surface area contributed by atoms with Gasteiger partial charge in [-0.3, -0.25) is 9.97 Å². The van der Waals surface area contributed by atoms with Crippen LogP contribution in [-0.2, 0) is 14.2 Å². The first-order chi connectivity index (χ1) is 35.0. The summed E-state index contributed by atoms with van der Waals surface area (Å²) >= 11 is 0. The lowest BCUT2D eigenvalue weighted by Gasteiger charge is -2.46. The Morgan fingerprint density at radius 2 is 1.27 bits per heavy atom. The maximum absolute atomic E-state index is 15.5. The van der Waals surface area contributed by atoms with Gasteiger partial charge in [-0.15, -0.1) is 0 Å². The average molecular weight is 973 g/mol. The Kier molecular flexibility index (Phi) is 14.0. The van der Waals surface area contributed by atoms with Crippen LogP contribution >= 0.6 is 0 Å². The molecule has 0 spiro atoms. The quantitative estimate of drug-likeness (QED) is 0.104. The Hall–Kier alpha value is -6.71. The number of halogens is 1. The minimum atomic E-state index is -0.476. The van der Waals surface area contributed by atoms with Crippen LogP contribution in [0, 0.1) is 5.82 Å². The number of benzene rings is 2. The number of anilines is 6. The van der Waals surface area contributed by atoms with Gasteiger partial charge in [0.05, 0.1) is 75.6 Å². The van der Waals surface area contributed by atoms with Crippen molar-refractivity contribution >= 4 is 56.8 Å². The summed E-state index contributed by atoms with van der Waals surface area (Å²) in [6.07, 6.45) is 16.6. The van der Waals surface area contributed by atoms with Gasteiger partial charge in [0.2, 0.25) is 11.8 Å². The third kappa shape index (κ3) is 10.4. The normalized spacial score (nSPS) is 23.9. The molecule has 7 heterocycles. The molecule has 11 rings (SSSR count). The van der Waals surface area contributed by atoms with E-state index >= 15 is 4.39 Å². The molecule has 6 aromatic rings. The minimum Gasteiger partial charge on any atom is -0.491 e. The molecular weight excluding hydrogens is 912 g/mol. The number of morpholine rings is 2. The van der Waals surface area contributed by atoms with E-state index in [1.165, 1.54) is 6.33 Å². The zero-order chi connectivity index (χ0) is 48.1. The van der Waals surface area contributed by atoms with Gasteiger partial charge in [-0.25, -0.2) is 24.9 Å². The van der Waals surface area contributed by atoms with Crippen LogP contribution in [0.15, 0.2) is 61.6 Å². The van der Waals surface area contributed by atoms with E-state index in [0.717, 1.165) is 105 Å². The smallest absolute Gasteiger partial charge is 0.224 e. The fourth-order valence-corrected chi connectivity index (χ4v) is 10.5. The van der Waals surface area contributed by atoms with Crippen molar-refractivity contribution < 1.29 is 32.8 Å². The first kappa shape index (κ1) is 46.7. The highest BCUT2D eigenvalue weighted by molar-refractivity contribution is 5.86. The molecule has 4 aromatic heterocycles. The Bertz CT molecular complexity index is 2770. The summed E-state index contributed by atoms with van der Waals surface area (Å²) in [6.45, 7) is 5.85. The van der Waals surface area contributed by atoms with Gasteiger partial charge in [0.1, 0.15) is 35.1 Å². The van der Waals surface area contributed by atoms with E-state index in [1.807, 2.05) is 7.05 Å². The van der Waals surface area contributed by atoms with E-state index in [-0.39, 0.29) is 42.0 Å². The first-order valence-electron chi connectivity index (χ1n) is 25.0. The van der Waals surface area contributed by atoms with E-state index < -0.39 is 12.0 Å². The summed E-state index contributed by atoms with van der Waals surface area (Å²) in [4.78, 5) is 43.7. The van der Waals surface area contributed by atoms with Crippen LogP contribution in [-0.4, -0.2) is 150 Å². The predicted molar refractivity (Wildman–Crippen MR) is 266 cm³/mol. The second-order valence-electron chi connectivity index (χ2n) is 18.7. The Labute approximate surface area is 411 Å². The molecule has 2 aromatic carbocycles. The van der Waals surface area contributed by atoms with Gasteiger partial charge >= 0.3 is 0 Å². The zero-order valence-corrected chi connectivity index (χ0v) is 40.2. The van der Waals surface area contributed by atoms with Crippen LogP contribution in [0.3, 0.4) is 0 Å². The summed E-state index contributed by atoms with van der Waals surface area (Å²) < 4.78 is 53.0. The van der Waals surface area contributed by atoms with Crippen molar-refractivity contribution in [3.63, 3.8) is 0 Å². The largest absolute Gasteiger partial charge is 0.491 e. The molecule has 3 N–H and O–H groups in total. The van der Waals surface area contributed by atoms with Crippen molar-refractivity contribution in [2.24, 2.45) is 0 Å². The molecule has 374 valence electrons. The van der Waals surface area contributed by atoms with Crippen molar-refractivity contribution in [3.8, 4) is 17.2 Å². The number of fused-ring (bicyclic) bond motifs is 2. The molecule has 3 saturated heterocycles. The Morgan fingerprint density at radius 1 is 0.648 bits per heavy atom. The molecule has 2 saturated carbocycles. The van der Waals surface area contributed by atoms with E-state index in [1.54, 1.807) is 38.1 Å². The maximum atomic E-state index is 15.5. The molecule has 5 fully saturated rings. The average Bonchev–Trinajstić information content (AvgIpc) is 3.94. The molecular formula is C50H61FN14O6. The lowest BCUT2D eigenvalue weighted by atomic mass is 9.91. The SMILES string of the molecule is CNc1ncc(OC)c(N(C2CN(c3cc(O[C@H]4CC[C@@H](Nc5ncnc(NC6CCOC6)c5F)CC4)c4nccnc4c3)CCO2)[C@H]2CC[C@@H](Oc3cc(N4CCOCC4)cc4nccnc34)CC2)n1. The number of ether oxygens (including phenoxy) is 6. The summed E-state index contributed by atoms with van der Waals surface area (Å²) in [5.74, 6) is 3.07. The van der Waals surface area contributed by atoms with Crippen molar-refractivity contribution in [1.29, 1.82) is 0 Å². The molecule has 0 amide bonds. The first-order valence-corrected chi connectivity index (χ1v) is 25.0. The predicted octanol–water partition coefficient (Wildman–Crippen LogP) is 6.24. The molecule has 20 nitrogen and oxygen atoms in total.